The Morgan fingerprint density at radius 3 is 2.48 bits per heavy atom. The van der Waals surface area contributed by atoms with Gasteiger partial charge >= 0.3 is 0 Å². The van der Waals surface area contributed by atoms with Crippen molar-refractivity contribution in [3.8, 4) is 17.0 Å². The van der Waals surface area contributed by atoms with E-state index in [1.807, 2.05) is 42.6 Å². The third kappa shape index (κ3) is 9.26. The third-order valence-electron chi connectivity index (χ3n) is 6.92. The Kier molecular flexibility index (Phi) is 11.9. The maximum atomic E-state index is 13.6. The predicted octanol–water partition coefficient (Wildman–Crippen LogP) is 9.04. The second-order valence-corrected chi connectivity index (χ2v) is 13.3. The first kappa shape index (κ1) is 34.7. The molecule has 0 aliphatic heterocycles. The molecule has 8 nitrogen and oxygen atoms in total. The second-order valence-electron chi connectivity index (χ2n) is 10.3. The molecule has 1 aromatic heterocycles. The van der Waals surface area contributed by atoms with Gasteiger partial charge in [-0.3, -0.25) is 14.4 Å². The maximum Gasteiger partial charge on any atom is 0.272 e. The molecular formula is C36H30Cl2N4O4S2. The van der Waals surface area contributed by atoms with E-state index in [0.29, 0.717) is 38.4 Å². The number of amides is 3. The fourth-order valence-electron chi connectivity index (χ4n) is 4.48. The van der Waals surface area contributed by atoms with Crippen molar-refractivity contribution in [2.24, 2.45) is 0 Å². The monoisotopic (exact) mass is 716 g/mol. The van der Waals surface area contributed by atoms with Crippen molar-refractivity contribution in [3.05, 3.63) is 129 Å². The number of anilines is 2. The number of aromatic nitrogens is 1. The van der Waals surface area contributed by atoms with Gasteiger partial charge in [-0.15, -0.1) is 23.1 Å². The summed E-state index contributed by atoms with van der Waals surface area (Å²) in [5.74, 6) is -0.480. The molecule has 4 aromatic carbocycles. The highest BCUT2D eigenvalue weighted by atomic mass is 35.5. The lowest BCUT2D eigenvalue weighted by atomic mass is 10.1. The summed E-state index contributed by atoms with van der Waals surface area (Å²) in [6.07, 6.45) is 2.05. The number of methoxy groups -OCH3 is 1. The van der Waals surface area contributed by atoms with E-state index in [2.05, 4.69) is 20.9 Å². The van der Waals surface area contributed by atoms with Crippen molar-refractivity contribution >= 4 is 80.9 Å². The standard InChI is InChI=1S/C36H30Cl2N4O4S2/c1-3-32(35(45)42-36-41-31(21-47-36)24-11-7-13-27(17-24)46-2)48-28-14-8-12-26(20-28)39-34(44)30(18-23-15-16-25(37)19-29(23)38)40-33(43)22-9-5-4-6-10-22/h4-21,32H,3H2,1-2H3,(H,39,44)(H,40,43)(H,41,42,45)/b30-18+. The highest BCUT2D eigenvalue weighted by molar-refractivity contribution is 8.00. The molecule has 0 aliphatic rings. The molecule has 0 aliphatic carbocycles. The zero-order valence-corrected chi connectivity index (χ0v) is 29.0. The molecule has 0 saturated heterocycles. The average molecular weight is 718 g/mol. The van der Waals surface area contributed by atoms with Crippen LogP contribution < -0.4 is 20.7 Å². The number of carbonyl (C=O) groups excluding carboxylic acids is 3. The third-order valence-corrected chi connectivity index (χ3v) is 9.60. The fraction of sp³-hybridized carbons (Fsp3) is 0.111. The number of hydrogen-bond donors (Lipinski definition) is 3. The molecule has 0 fully saturated rings. The van der Waals surface area contributed by atoms with Crippen LogP contribution in [0.1, 0.15) is 29.3 Å². The Balaban J connectivity index is 1.28. The van der Waals surface area contributed by atoms with Crippen molar-refractivity contribution in [1.82, 2.24) is 10.3 Å². The number of carbonyl (C=O) groups is 3. The van der Waals surface area contributed by atoms with E-state index >= 15 is 0 Å². The van der Waals surface area contributed by atoms with E-state index in [4.69, 9.17) is 27.9 Å². The molecule has 1 atom stereocenters. The summed E-state index contributed by atoms with van der Waals surface area (Å²) < 4.78 is 5.31. The van der Waals surface area contributed by atoms with Crippen LogP contribution in [0.5, 0.6) is 5.75 Å². The normalized spacial score (nSPS) is 11.8. The number of halogens is 2. The topological polar surface area (TPSA) is 109 Å². The van der Waals surface area contributed by atoms with Crippen LogP contribution in [0.3, 0.4) is 0 Å². The van der Waals surface area contributed by atoms with Crippen molar-refractivity contribution < 1.29 is 19.1 Å². The number of nitrogens with one attached hydrogen (secondary N) is 3. The van der Waals surface area contributed by atoms with E-state index in [9.17, 15) is 14.4 Å². The molecule has 3 N–H and O–H groups in total. The molecule has 1 heterocycles. The van der Waals surface area contributed by atoms with E-state index in [1.54, 1.807) is 73.8 Å². The molecule has 3 amide bonds. The van der Waals surface area contributed by atoms with Gasteiger partial charge in [-0.05, 0) is 72.7 Å². The number of ether oxygens (including phenoxy) is 1. The quantitative estimate of drug-likeness (QED) is 0.0878. The van der Waals surface area contributed by atoms with Gasteiger partial charge in [-0.2, -0.15) is 0 Å². The number of thiazole rings is 1. The minimum Gasteiger partial charge on any atom is -0.497 e. The van der Waals surface area contributed by atoms with Crippen LogP contribution >= 0.6 is 46.3 Å². The van der Waals surface area contributed by atoms with E-state index in [0.717, 1.165) is 21.9 Å². The van der Waals surface area contributed by atoms with Crippen LogP contribution in [0.15, 0.2) is 113 Å². The molecule has 0 bridgehead atoms. The van der Waals surface area contributed by atoms with Crippen LogP contribution in [-0.2, 0) is 9.59 Å². The van der Waals surface area contributed by atoms with Crippen LogP contribution in [0.25, 0.3) is 17.3 Å². The molecule has 48 heavy (non-hydrogen) atoms. The molecule has 5 aromatic rings. The van der Waals surface area contributed by atoms with Crippen LogP contribution in [0.4, 0.5) is 10.8 Å². The molecule has 0 saturated carbocycles. The first-order valence-corrected chi connectivity index (χ1v) is 17.3. The Morgan fingerprint density at radius 2 is 1.73 bits per heavy atom. The van der Waals surface area contributed by atoms with Crippen molar-refractivity contribution in [1.29, 1.82) is 0 Å². The lowest BCUT2D eigenvalue weighted by Gasteiger charge is -2.15. The van der Waals surface area contributed by atoms with Gasteiger partial charge in [0.05, 0.1) is 18.1 Å². The number of nitrogens with zero attached hydrogens (tertiary/aromatic N) is 1. The molecule has 0 spiro atoms. The Hall–Kier alpha value is -4.61. The van der Waals surface area contributed by atoms with Gasteiger partial charge in [0.15, 0.2) is 5.13 Å². The lowest BCUT2D eigenvalue weighted by Crippen LogP contribution is -2.30. The van der Waals surface area contributed by atoms with Gasteiger partial charge in [0.25, 0.3) is 11.8 Å². The highest BCUT2D eigenvalue weighted by Gasteiger charge is 2.21. The lowest BCUT2D eigenvalue weighted by molar-refractivity contribution is -0.116. The van der Waals surface area contributed by atoms with E-state index in [1.165, 1.54) is 29.2 Å². The number of benzene rings is 4. The first-order valence-electron chi connectivity index (χ1n) is 14.7. The smallest absolute Gasteiger partial charge is 0.272 e. The molecule has 1 unspecified atom stereocenters. The largest absolute Gasteiger partial charge is 0.497 e. The van der Waals surface area contributed by atoms with Crippen LogP contribution in [0, 0.1) is 0 Å². The summed E-state index contributed by atoms with van der Waals surface area (Å²) in [5, 5.41) is 11.2. The summed E-state index contributed by atoms with van der Waals surface area (Å²) in [7, 11) is 1.61. The van der Waals surface area contributed by atoms with Gasteiger partial charge in [0.1, 0.15) is 11.4 Å². The highest BCUT2D eigenvalue weighted by Crippen LogP contribution is 2.31. The van der Waals surface area contributed by atoms with Gasteiger partial charge in [0.2, 0.25) is 5.91 Å². The summed E-state index contributed by atoms with van der Waals surface area (Å²) in [6.45, 7) is 1.93. The molecule has 244 valence electrons. The van der Waals surface area contributed by atoms with E-state index < -0.39 is 17.1 Å². The first-order chi connectivity index (χ1) is 23.2. The Labute approximate surface area is 296 Å². The zero-order valence-electron chi connectivity index (χ0n) is 25.8. The number of thioether (sulfide) groups is 1. The minimum atomic E-state index is -0.562. The fourth-order valence-corrected chi connectivity index (χ4v) is 6.68. The van der Waals surface area contributed by atoms with Crippen LogP contribution in [0.2, 0.25) is 10.0 Å². The van der Waals surface area contributed by atoms with Crippen molar-refractivity contribution in [3.63, 3.8) is 0 Å². The van der Waals surface area contributed by atoms with Crippen LogP contribution in [-0.4, -0.2) is 35.1 Å². The van der Waals surface area contributed by atoms with E-state index in [-0.39, 0.29) is 11.6 Å². The summed E-state index contributed by atoms with van der Waals surface area (Å²) >= 11 is 15.1. The summed E-state index contributed by atoms with van der Waals surface area (Å²) in [4.78, 5) is 45.2. The molecule has 5 rings (SSSR count). The van der Waals surface area contributed by atoms with Gasteiger partial charge in [-0.25, -0.2) is 4.98 Å². The predicted molar refractivity (Wildman–Crippen MR) is 196 cm³/mol. The SMILES string of the molecule is CCC(Sc1cccc(NC(=O)/C(=C\c2ccc(Cl)cc2Cl)NC(=O)c2ccccc2)c1)C(=O)Nc1nc(-c2cccc(OC)c2)cs1. The number of hydrogen-bond acceptors (Lipinski definition) is 7. The summed E-state index contributed by atoms with van der Waals surface area (Å²) in [5.41, 5.74) is 2.97. The van der Waals surface area contributed by atoms with Crippen molar-refractivity contribution in [2.45, 2.75) is 23.5 Å². The molecule has 12 heteroatoms. The minimum absolute atomic E-state index is 0.0197. The number of rotatable bonds is 12. The second kappa shape index (κ2) is 16.5. The average Bonchev–Trinajstić information content (AvgIpc) is 3.57. The molecule has 0 radical (unpaired) electrons. The molecular weight excluding hydrogens is 687 g/mol. The van der Waals surface area contributed by atoms with Crippen molar-refractivity contribution in [2.75, 3.05) is 17.7 Å². The summed E-state index contributed by atoms with van der Waals surface area (Å²) in [6, 6.07) is 28.1. The maximum absolute atomic E-state index is 13.6. The Bertz CT molecular complexity index is 1970. The van der Waals surface area contributed by atoms with Gasteiger partial charge < -0.3 is 20.7 Å². The van der Waals surface area contributed by atoms with Gasteiger partial charge in [0, 0.05) is 37.1 Å². The zero-order chi connectivity index (χ0) is 34.0. The van der Waals surface area contributed by atoms with Gasteiger partial charge in [-0.1, -0.05) is 72.6 Å². The Morgan fingerprint density at radius 1 is 0.938 bits per heavy atom.